The van der Waals surface area contributed by atoms with E-state index in [-0.39, 0.29) is 24.9 Å². The monoisotopic (exact) mass is 273 g/mol. The Bertz CT molecular complexity index is 324. The highest BCUT2D eigenvalue weighted by Crippen LogP contribution is 2.22. The van der Waals surface area contributed by atoms with Crippen LogP contribution in [0.2, 0.25) is 0 Å². The maximum Gasteiger partial charge on any atom is 0.125 e. The van der Waals surface area contributed by atoms with Crippen molar-refractivity contribution in [2.75, 3.05) is 19.8 Å². The van der Waals surface area contributed by atoms with Crippen molar-refractivity contribution >= 4 is 12.4 Å². The summed E-state index contributed by atoms with van der Waals surface area (Å²) in [5.41, 5.74) is 7.80. The van der Waals surface area contributed by atoms with Crippen molar-refractivity contribution in [3.05, 3.63) is 29.3 Å². The highest BCUT2D eigenvalue weighted by Gasteiger charge is 2.08. The number of ether oxygens (including phenoxy) is 1. The van der Waals surface area contributed by atoms with Crippen LogP contribution in [0.15, 0.2) is 18.2 Å². The molecule has 0 saturated carbocycles. The van der Waals surface area contributed by atoms with Gasteiger partial charge >= 0.3 is 0 Å². The van der Waals surface area contributed by atoms with Crippen LogP contribution in [0, 0.1) is 19.8 Å². The Morgan fingerprint density at radius 1 is 1.22 bits per heavy atom. The van der Waals surface area contributed by atoms with Crippen LogP contribution in [0.1, 0.15) is 24.0 Å². The summed E-state index contributed by atoms with van der Waals surface area (Å²) >= 11 is 0. The molecular weight excluding hydrogens is 250 g/mol. The summed E-state index contributed by atoms with van der Waals surface area (Å²) < 4.78 is 5.79. The number of aliphatic hydroxyl groups excluding tert-OH is 1. The lowest BCUT2D eigenvalue weighted by atomic mass is 10.0. The predicted octanol–water partition coefficient (Wildman–Crippen LogP) is 2.45. The molecule has 0 aromatic heterocycles. The third kappa shape index (κ3) is 5.25. The number of para-hydroxylation sites is 1. The van der Waals surface area contributed by atoms with Gasteiger partial charge in [0.1, 0.15) is 5.75 Å². The zero-order valence-electron chi connectivity index (χ0n) is 11.2. The minimum atomic E-state index is 0. The number of aliphatic hydroxyl groups is 1. The highest BCUT2D eigenvalue weighted by atomic mass is 35.5. The molecule has 0 saturated heterocycles. The highest BCUT2D eigenvalue weighted by molar-refractivity contribution is 5.85. The molecule has 1 unspecified atom stereocenters. The molecule has 1 atom stereocenters. The van der Waals surface area contributed by atoms with Gasteiger partial charge in [0.2, 0.25) is 0 Å². The van der Waals surface area contributed by atoms with Crippen LogP contribution in [-0.4, -0.2) is 24.9 Å². The zero-order valence-corrected chi connectivity index (χ0v) is 12.0. The average molecular weight is 274 g/mol. The van der Waals surface area contributed by atoms with Gasteiger partial charge in [0.05, 0.1) is 6.61 Å². The minimum absolute atomic E-state index is 0. The van der Waals surface area contributed by atoms with Crippen molar-refractivity contribution in [1.82, 2.24) is 0 Å². The zero-order chi connectivity index (χ0) is 12.7. The third-order valence-electron chi connectivity index (χ3n) is 3.01. The Morgan fingerprint density at radius 2 is 1.83 bits per heavy atom. The maximum absolute atomic E-state index is 9.15. The molecule has 0 heterocycles. The fourth-order valence-electron chi connectivity index (χ4n) is 1.92. The first-order valence-corrected chi connectivity index (χ1v) is 6.19. The van der Waals surface area contributed by atoms with Crippen LogP contribution < -0.4 is 10.5 Å². The van der Waals surface area contributed by atoms with Crippen molar-refractivity contribution in [2.24, 2.45) is 11.7 Å². The second-order valence-electron chi connectivity index (χ2n) is 4.48. The molecule has 3 N–H and O–H groups in total. The molecule has 0 fully saturated rings. The summed E-state index contributed by atoms with van der Waals surface area (Å²) in [5, 5.41) is 9.15. The lowest BCUT2D eigenvalue weighted by Gasteiger charge is -2.15. The van der Waals surface area contributed by atoms with Crippen LogP contribution in [0.5, 0.6) is 5.75 Å². The number of benzene rings is 1. The van der Waals surface area contributed by atoms with Crippen LogP contribution in [0.4, 0.5) is 0 Å². The van der Waals surface area contributed by atoms with E-state index in [2.05, 4.69) is 0 Å². The minimum Gasteiger partial charge on any atom is -0.493 e. The van der Waals surface area contributed by atoms with E-state index in [1.54, 1.807) is 0 Å². The molecule has 0 bridgehead atoms. The Morgan fingerprint density at radius 3 is 2.33 bits per heavy atom. The van der Waals surface area contributed by atoms with Crippen LogP contribution >= 0.6 is 12.4 Å². The predicted molar refractivity (Wildman–Crippen MR) is 77.5 cm³/mol. The van der Waals surface area contributed by atoms with Gasteiger partial charge in [-0.1, -0.05) is 18.2 Å². The van der Waals surface area contributed by atoms with Crippen LogP contribution in [0.3, 0.4) is 0 Å². The van der Waals surface area contributed by atoms with Crippen molar-refractivity contribution in [3.8, 4) is 5.75 Å². The summed E-state index contributed by atoms with van der Waals surface area (Å²) in [4.78, 5) is 0. The van der Waals surface area contributed by atoms with E-state index in [1.807, 2.05) is 32.0 Å². The molecule has 1 aromatic rings. The Balaban J connectivity index is 0.00000289. The summed E-state index contributed by atoms with van der Waals surface area (Å²) in [6.07, 6.45) is 1.70. The van der Waals surface area contributed by atoms with Gasteiger partial charge in [0.25, 0.3) is 0 Å². The van der Waals surface area contributed by atoms with Gasteiger partial charge < -0.3 is 15.6 Å². The number of halogens is 1. The Labute approximate surface area is 116 Å². The SMILES string of the molecule is Cc1cccc(C)c1OCCC(CO)CCN.Cl. The summed E-state index contributed by atoms with van der Waals surface area (Å²) in [5.74, 6) is 1.22. The Hall–Kier alpha value is -0.770. The molecule has 1 aromatic carbocycles. The van der Waals surface area contributed by atoms with Gasteiger partial charge in [-0.05, 0) is 50.3 Å². The molecular formula is C14H24ClNO2. The molecule has 0 spiro atoms. The van der Waals surface area contributed by atoms with Crippen LogP contribution in [0.25, 0.3) is 0 Å². The van der Waals surface area contributed by atoms with Crippen molar-refractivity contribution in [2.45, 2.75) is 26.7 Å². The van der Waals surface area contributed by atoms with Gasteiger partial charge in [0.15, 0.2) is 0 Å². The number of hydrogen-bond acceptors (Lipinski definition) is 3. The second kappa shape index (κ2) is 9.20. The van der Waals surface area contributed by atoms with Gasteiger partial charge in [0, 0.05) is 6.61 Å². The molecule has 4 heteroatoms. The van der Waals surface area contributed by atoms with Crippen molar-refractivity contribution in [3.63, 3.8) is 0 Å². The number of rotatable bonds is 7. The summed E-state index contributed by atoms with van der Waals surface area (Å²) in [6.45, 7) is 5.54. The van der Waals surface area contributed by atoms with E-state index in [0.29, 0.717) is 13.2 Å². The van der Waals surface area contributed by atoms with Gasteiger partial charge in [-0.3, -0.25) is 0 Å². The molecule has 0 radical (unpaired) electrons. The van der Waals surface area contributed by atoms with Crippen molar-refractivity contribution < 1.29 is 9.84 Å². The maximum atomic E-state index is 9.15. The largest absolute Gasteiger partial charge is 0.493 e. The lowest BCUT2D eigenvalue weighted by Crippen LogP contribution is -2.15. The standard InChI is InChI=1S/C14H23NO2.ClH/c1-11-4-3-5-12(2)14(11)17-9-7-13(10-16)6-8-15;/h3-5,13,16H,6-10,15H2,1-2H3;1H. The molecule has 0 amide bonds. The average Bonchev–Trinajstić information content (AvgIpc) is 2.31. The third-order valence-corrected chi connectivity index (χ3v) is 3.01. The number of nitrogens with two attached hydrogens (primary N) is 1. The first kappa shape index (κ1) is 17.2. The molecule has 0 aliphatic heterocycles. The molecule has 0 aliphatic carbocycles. The molecule has 1 rings (SSSR count). The number of hydrogen-bond donors (Lipinski definition) is 2. The van der Waals surface area contributed by atoms with Gasteiger partial charge in [-0.2, -0.15) is 0 Å². The number of aryl methyl sites for hydroxylation is 2. The van der Waals surface area contributed by atoms with E-state index in [1.165, 1.54) is 0 Å². The normalized spacial score (nSPS) is 11.8. The van der Waals surface area contributed by atoms with E-state index >= 15 is 0 Å². The summed E-state index contributed by atoms with van der Waals surface area (Å²) in [6, 6.07) is 6.12. The molecule has 18 heavy (non-hydrogen) atoms. The molecule has 3 nitrogen and oxygen atoms in total. The topological polar surface area (TPSA) is 55.5 Å². The van der Waals surface area contributed by atoms with E-state index in [4.69, 9.17) is 15.6 Å². The Kier molecular flexibility index (Phi) is 8.81. The smallest absolute Gasteiger partial charge is 0.125 e. The lowest BCUT2D eigenvalue weighted by molar-refractivity contribution is 0.185. The van der Waals surface area contributed by atoms with Crippen LogP contribution in [-0.2, 0) is 0 Å². The molecule has 0 aliphatic rings. The quantitative estimate of drug-likeness (QED) is 0.802. The van der Waals surface area contributed by atoms with E-state index in [9.17, 15) is 0 Å². The second-order valence-corrected chi connectivity index (χ2v) is 4.48. The van der Waals surface area contributed by atoms with Gasteiger partial charge in [-0.25, -0.2) is 0 Å². The first-order valence-electron chi connectivity index (χ1n) is 6.19. The fourth-order valence-corrected chi connectivity index (χ4v) is 1.92. The molecule has 104 valence electrons. The fraction of sp³-hybridized carbons (Fsp3) is 0.571. The first-order chi connectivity index (χ1) is 8.19. The van der Waals surface area contributed by atoms with E-state index < -0.39 is 0 Å². The van der Waals surface area contributed by atoms with E-state index in [0.717, 1.165) is 29.7 Å². The van der Waals surface area contributed by atoms with Crippen molar-refractivity contribution in [1.29, 1.82) is 0 Å². The van der Waals surface area contributed by atoms with Gasteiger partial charge in [-0.15, -0.1) is 12.4 Å². The summed E-state index contributed by atoms with van der Waals surface area (Å²) in [7, 11) is 0.